The lowest BCUT2D eigenvalue weighted by Crippen LogP contribution is -2.46. The third-order valence-corrected chi connectivity index (χ3v) is 9.93. The highest BCUT2D eigenvalue weighted by molar-refractivity contribution is 5.86. The van der Waals surface area contributed by atoms with E-state index in [9.17, 15) is 19.2 Å². The van der Waals surface area contributed by atoms with E-state index in [1.165, 1.54) is 154 Å². The first kappa shape index (κ1) is 53.2. The zero-order chi connectivity index (χ0) is 38.3. The number of carboxylic acids is 1. The van der Waals surface area contributed by atoms with Gasteiger partial charge in [-0.05, 0) is 12.8 Å². The van der Waals surface area contributed by atoms with Crippen molar-refractivity contribution < 1.29 is 33.8 Å². The second kappa shape index (κ2) is 41.3. The zero-order valence-electron chi connectivity index (χ0n) is 34.3. The van der Waals surface area contributed by atoms with Crippen LogP contribution >= 0.6 is 12.4 Å². The number of aliphatic carboxylic acids is 1. The molecular weight excluding hydrogens is 692 g/mol. The van der Waals surface area contributed by atoms with E-state index in [0.29, 0.717) is 6.42 Å². The van der Waals surface area contributed by atoms with Gasteiger partial charge < -0.3 is 25.6 Å². The number of amides is 1. The van der Waals surface area contributed by atoms with Gasteiger partial charge in [-0.3, -0.25) is 19.2 Å². The maximum Gasteiger partial charge on any atom is 0.306 e. The molecule has 1 amide bonds. The van der Waals surface area contributed by atoms with E-state index < -0.39 is 36.4 Å². The van der Waals surface area contributed by atoms with E-state index in [-0.39, 0.29) is 37.9 Å². The summed E-state index contributed by atoms with van der Waals surface area (Å²) in [6.07, 6.45) is 36.6. The minimum atomic E-state index is -1.22. The number of nitrogens with one attached hydrogen (secondary N) is 1. The Morgan fingerprint density at radius 3 is 1.19 bits per heavy atom. The number of esters is 2. The van der Waals surface area contributed by atoms with Crippen LogP contribution in [-0.4, -0.2) is 54.2 Å². The van der Waals surface area contributed by atoms with Gasteiger partial charge in [-0.25, -0.2) is 0 Å². The normalized spacial score (nSPS) is 12.1. The number of halogens is 1. The monoisotopic (exact) mass is 775 g/mol. The molecule has 53 heavy (non-hydrogen) atoms. The Kier molecular flexibility index (Phi) is 41.5. The number of hydrogen-bond donors (Lipinski definition) is 3. The SMILES string of the molecule is CCCCCCCCCCCCCCCCCC(=O)OCC(CNC(=O)C(N)CC(=O)O)OC(=O)CCCCCCCCCCCCCCCCC.Cl. The third-order valence-electron chi connectivity index (χ3n) is 9.93. The number of carbonyl (C=O) groups is 4. The van der Waals surface area contributed by atoms with Gasteiger partial charge in [-0.1, -0.05) is 194 Å². The summed E-state index contributed by atoms with van der Waals surface area (Å²) in [6.45, 7) is 4.24. The molecule has 10 heteroatoms. The van der Waals surface area contributed by atoms with Crippen LogP contribution in [0.15, 0.2) is 0 Å². The van der Waals surface area contributed by atoms with Crippen molar-refractivity contribution >= 4 is 36.2 Å². The lowest BCUT2D eigenvalue weighted by Gasteiger charge is -2.20. The van der Waals surface area contributed by atoms with Crippen LogP contribution in [0, 0.1) is 0 Å². The summed E-state index contributed by atoms with van der Waals surface area (Å²) in [5.41, 5.74) is 5.66. The number of hydrogen-bond acceptors (Lipinski definition) is 7. The molecule has 0 aromatic carbocycles. The zero-order valence-corrected chi connectivity index (χ0v) is 35.1. The Hall–Kier alpha value is -1.87. The fraction of sp³-hybridized carbons (Fsp3) is 0.907. The largest absolute Gasteiger partial charge is 0.481 e. The summed E-state index contributed by atoms with van der Waals surface area (Å²) in [4.78, 5) is 48.2. The molecular formula is C43H83ClN2O7. The average Bonchev–Trinajstić information content (AvgIpc) is 3.12. The Morgan fingerprint density at radius 2 is 0.849 bits per heavy atom. The van der Waals surface area contributed by atoms with Gasteiger partial charge in [0.15, 0.2) is 6.10 Å². The van der Waals surface area contributed by atoms with Gasteiger partial charge in [-0.2, -0.15) is 0 Å². The van der Waals surface area contributed by atoms with Crippen LogP contribution < -0.4 is 11.1 Å². The van der Waals surface area contributed by atoms with Crippen LogP contribution in [-0.2, 0) is 28.7 Å². The Bertz CT molecular complexity index is 860. The Balaban J connectivity index is 0. The van der Waals surface area contributed by atoms with Crippen molar-refractivity contribution in [3.05, 3.63) is 0 Å². The van der Waals surface area contributed by atoms with Crippen LogP contribution in [0.2, 0.25) is 0 Å². The van der Waals surface area contributed by atoms with Crippen molar-refractivity contribution in [2.75, 3.05) is 13.2 Å². The van der Waals surface area contributed by atoms with Gasteiger partial charge in [0, 0.05) is 12.8 Å². The van der Waals surface area contributed by atoms with E-state index in [1.807, 2.05) is 0 Å². The highest BCUT2D eigenvalue weighted by Gasteiger charge is 2.21. The number of rotatable bonds is 40. The van der Waals surface area contributed by atoms with Crippen molar-refractivity contribution in [1.82, 2.24) is 5.32 Å². The van der Waals surface area contributed by atoms with Gasteiger partial charge in [0.25, 0.3) is 0 Å². The first-order chi connectivity index (χ1) is 25.3. The predicted molar refractivity (Wildman–Crippen MR) is 220 cm³/mol. The van der Waals surface area contributed by atoms with Gasteiger partial charge in [0.1, 0.15) is 6.61 Å². The molecule has 4 N–H and O–H groups in total. The van der Waals surface area contributed by atoms with E-state index in [2.05, 4.69) is 19.2 Å². The number of carboxylic acid groups (broad SMARTS) is 1. The highest BCUT2D eigenvalue weighted by Crippen LogP contribution is 2.16. The molecule has 0 aromatic heterocycles. The molecule has 2 unspecified atom stereocenters. The fourth-order valence-electron chi connectivity index (χ4n) is 6.55. The van der Waals surface area contributed by atoms with Crippen LogP contribution in [0.4, 0.5) is 0 Å². The predicted octanol–water partition coefficient (Wildman–Crippen LogP) is 11.3. The van der Waals surface area contributed by atoms with Crippen molar-refractivity contribution in [2.45, 2.75) is 238 Å². The minimum absolute atomic E-state index is 0. The number of unbranched alkanes of at least 4 members (excludes halogenated alkanes) is 28. The third kappa shape index (κ3) is 39.6. The quantitative estimate of drug-likeness (QED) is 0.0412. The fourth-order valence-corrected chi connectivity index (χ4v) is 6.55. The van der Waals surface area contributed by atoms with Crippen LogP contribution in [0.25, 0.3) is 0 Å². The average molecular weight is 776 g/mol. The molecule has 0 radical (unpaired) electrons. The van der Waals surface area contributed by atoms with Gasteiger partial charge >= 0.3 is 17.9 Å². The number of nitrogens with two attached hydrogens (primary N) is 1. The first-order valence-corrected chi connectivity index (χ1v) is 21.9. The number of carbonyl (C=O) groups excluding carboxylic acids is 3. The second-order valence-electron chi connectivity index (χ2n) is 15.1. The highest BCUT2D eigenvalue weighted by atomic mass is 35.5. The van der Waals surface area contributed by atoms with E-state index >= 15 is 0 Å². The molecule has 0 aliphatic rings. The molecule has 314 valence electrons. The topological polar surface area (TPSA) is 145 Å². The van der Waals surface area contributed by atoms with Crippen LogP contribution in [0.5, 0.6) is 0 Å². The molecule has 0 rings (SSSR count). The lowest BCUT2D eigenvalue weighted by molar-refractivity contribution is -0.159. The van der Waals surface area contributed by atoms with E-state index in [0.717, 1.165) is 38.5 Å². The van der Waals surface area contributed by atoms with Crippen molar-refractivity contribution in [2.24, 2.45) is 5.73 Å². The summed E-state index contributed by atoms with van der Waals surface area (Å²) in [7, 11) is 0. The minimum Gasteiger partial charge on any atom is -0.481 e. The summed E-state index contributed by atoms with van der Waals surface area (Å²) in [6, 6.07) is -1.22. The second-order valence-corrected chi connectivity index (χ2v) is 15.1. The van der Waals surface area contributed by atoms with Gasteiger partial charge in [0.05, 0.1) is 19.0 Å². The molecule has 2 atom stereocenters. The van der Waals surface area contributed by atoms with Gasteiger partial charge in [-0.15, -0.1) is 12.4 Å². The molecule has 0 spiro atoms. The van der Waals surface area contributed by atoms with Gasteiger partial charge in [0.2, 0.25) is 5.91 Å². The molecule has 0 aromatic rings. The maximum atomic E-state index is 12.6. The molecule has 0 fully saturated rings. The maximum absolute atomic E-state index is 12.6. The standard InChI is InChI=1S/C43H82N2O7.ClH/c1-3-5-7-9-11-13-15-17-19-21-23-25-27-29-31-33-41(48)51-37-38(36-45-43(50)39(44)35-40(46)47)52-42(49)34-32-30-28-26-24-22-20-18-16-14-12-10-8-6-4-2;/h38-39H,3-37,44H2,1-2H3,(H,45,50)(H,46,47);1H. The Labute approximate surface area is 331 Å². The molecule has 0 aliphatic heterocycles. The summed E-state index contributed by atoms with van der Waals surface area (Å²) in [5.74, 6) is -2.59. The van der Waals surface area contributed by atoms with E-state index in [4.69, 9.17) is 20.3 Å². The molecule has 9 nitrogen and oxygen atoms in total. The molecule has 0 heterocycles. The summed E-state index contributed by atoms with van der Waals surface area (Å²) < 4.78 is 11.0. The van der Waals surface area contributed by atoms with Crippen LogP contribution in [0.1, 0.15) is 226 Å². The van der Waals surface area contributed by atoms with Crippen LogP contribution in [0.3, 0.4) is 0 Å². The number of ether oxygens (including phenoxy) is 2. The molecule has 0 saturated carbocycles. The molecule has 0 aliphatic carbocycles. The summed E-state index contributed by atoms with van der Waals surface area (Å²) in [5, 5.41) is 11.5. The smallest absolute Gasteiger partial charge is 0.306 e. The Morgan fingerprint density at radius 1 is 0.528 bits per heavy atom. The van der Waals surface area contributed by atoms with E-state index in [1.54, 1.807) is 0 Å². The lowest BCUT2D eigenvalue weighted by atomic mass is 10.0. The molecule has 0 saturated heterocycles. The summed E-state index contributed by atoms with van der Waals surface area (Å²) >= 11 is 0. The first-order valence-electron chi connectivity index (χ1n) is 21.9. The van der Waals surface area contributed by atoms with Crippen molar-refractivity contribution in [3.8, 4) is 0 Å². The molecule has 0 bridgehead atoms. The van der Waals surface area contributed by atoms with Crippen molar-refractivity contribution in [3.63, 3.8) is 0 Å². The van der Waals surface area contributed by atoms with Crippen molar-refractivity contribution in [1.29, 1.82) is 0 Å².